The monoisotopic (exact) mass is 290 g/mol. The number of hydrogen-bond donors (Lipinski definition) is 1. The molecule has 0 unspecified atom stereocenters. The van der Waals surface area contributed by atoms with Crippen LogP contribution in [0.5, 0.6) is 0 Å². The fourth-order valence-corrected chi connectivity index (χ4v) is 2.91. The molecule has 0 fully saturated rings. The standard InChI is InChI=1S/C16H22N2OS/c1-4-19-11-15-18-14(10-17-12(2)3)16(20-15)13-8-6-5-7-9-13/h5-9,12,17H,4,10-11H2,1-3H3. The highest BCUT2D eigenvalue weighted by atomic mass is 32.1. The largest absolute Gasteiger partial charge is 0.375 e. The summed E-state index contributed by atoms with van der Waals surface area (Å²) in [5, 5.41) is 4.49. The zero-order valence-electron chi connectivity index (χ0n) is 12.3. The molecule has 1 aromatic heterocycles. The van der Waals surface area contributed by atoms with Gasteiger partial charge in [0, 0.05) is 19.2 Å². The third-order valence-electron chi connectivity index (χ3n) is 2.89. The summed E-state index contributed by atoms with van der Waals surface area (Å²) in [5.74, 6) is 0. The lowest BCUT2D eigenvalue weighted by Crippen LogP contribution is -2.22. The van der Waals surface area contributed by atoms with E-state index in [0.29, 0.717) is 12.6 Å². The Bertz CT molecular complexity index is 523. The first-order chi connectivity index (χ1) is 9.70. The van der Waals surface area contributed by atoms with Crippen molar-refractivity contribution in [1.82, 2.24) is 10.3 Å². The second-order valence-corrected chi connectivity index (χ2v) is 6.01. The Morgan fingerprint density at radius 1 is 1.25 bits per heavy atom. The molecule has 1 aromatic carbocycles. The minimum atomic E-state index is 0.454. The number of nitrogens with zero attached hydrogens (tertiary/aromatic N) is 1. The predicted octanol–water partition coefficient (Wildman–Crippen LogP) is 3.84. The van der Waals surface area contributed by atoms with Crippen LogP contribution in [-0.4, -0.2) is 17.6 Å². The second kappa shape index (κ2) is 7.53. The van der Waals surface area contributed by atoms with Crippen molar-refractivity contribution in [3.8, 4) is 10.4 Å². The first-order valence-electron chi connectivity index (χ1n) is 7.05. The Morgan fingerprint density at radius 3 is 2.65 bits per heavy atom. The van der Waals surface area contributed by atoms with Crippen molar-refractivity contribution in [1.29, 1.82) is 0 Å². The maximum atomic E-state index is 5.48. The molecule has 2 aromatic rings. The molecule has 0 radical (unpaired) electrons. The Hall–Kier alpha value is -1.23. The van der Waals surface area contributed by atoms with Crippen molar-refractivity contribution >= 4 is 11.3 Å². The van der Waals surface area contributed by atoms with Crippen LogP contribution in [-0.2, 0) is 17.9 Å². The van der Waals surface area contributed by atoms with Crippen LogP contribution in [0.25, 0.3) is 10.4 Å². The summed E-state index contributed by atoms with van der Waals surface area (Å²) in [7, 11) is 0. The molecule has 4 heteroatoms. The van der Waals surface area contributed by atoms with Crippen LogP contribution >= 0.6 is 11.3 Å². The summed E-state index contributed by atoms with van der Waals surface area (Å²) in [5.41, 5.74) is 2.35. The van der Waals surface area contributed by atoms with Gasteiger partial charge in [0.1, 0.15) is 5.01 Å². The van der Waals surface area contributed by atoms with E-state index >= 15 is 0 Å². The van der Waals surface area contributed by atoms with Gasteiger partial charge in [-0.05, 0) is 12.5 Å². The van der Waals surface area contributed by atoms with E-state index in [9.17, 15) is 0 Å². The quantitative estimate of drug-likeness (QED) is 0.841. The first kappa shape index (κ1) is 15.2. The molecule has 0 amide bonds. The average molecular weight is 290 g/mol. The van der Waals surface area contributed by atoms with Gasteiger partial charge in [0.25, 0.3) is 0 Å². The highest BCUT2D eigenvalue weighted by molar-refractivity contribution is 7.15. The molecular weight excluding hydrogens is 268 g/mol. The molecule has 0 atom stereocenters. The molecule has 0 aliphatic rings. The van der Waals surface area contributed by atoms with E-state index in [0.717, 1.165) is 23.9 Å². The molecule has 1 heterocycles. The Morgan fingerprint density at radius 2 is 2.00 bits per heavy atom. The maximum absolute atomic E-state index is 5.48. The lowest BCUT2D eigenvalue weighted by Gasteiger charge is -2.07. The molecule has 0 saturated carbocycles. The van der Waals surface area contributed by atoms with Crippen molar-refractivity contribution in [2.24, 2.45) is 0 Å². The summed E-state index contributed by atoms with van der Waals surface area (Å²) in [6, 6.07) is 10.9. The molecule has 108 valence electrons. The van der Waals surface area contributed by atoms with Crippen molar-refractivity contribution in [3.05, 3.63) is 41.0 Å². The number of rotatable bonds is 7. The van der Waals surface area contributed by atoms with E-state index in [4.69, 9.17) is 9.72 Å². The van der Waals surface area contributed by atoms with E-state index in [1.54, 1.807) is 11.3 Å². The molecule has 1 N–H and O–H groups in total. The van der Waals surface area contributed by atoms with E-state index in [-0.39, 0.29) is 0 Å². The number of benzene rings is 1. The van der Waals surface area contributed by atoms with Gasteiger partial charge in [-0.2, -0.15) is 0 Å². The van der Waals surface area contributed by atoms with Gasteiger partial charge in [-0.1, -0.05) is 44.2 Å². The summed E-state index contributed by atoms with van der Waals surface area (Å²) in [6.07, 6.45) is 0. The van der Waals surface area contributed by atoms with Gasteiger partial charge >= 0.3 is 0 Å². The summed E-state index contributed by atoms with van der Waals surface area (Å²) in [6.45, 7) is 8.42. The molecule has 0 aliphatic heterocycles. The first-order valence-corrected chi connectivity index (χ1v) is 7.87. The molecule has 0 saturated heterocycles. The molecule has 3 nitrogen and oxygen atoms in total. The zero-order chi connectivity index (χ0) is 14.4. The summed E-state index contributed by atoms with van der Waals surface area (Å²) < 4.78 is 5.48. The van der Waals surface area contributed by atoms with Gasteiger partial charge in [-0.3, -0.25) is 0 Å². The Kier molecular flexibility index (Phi) is 5.71. The molecular formula is C16H22N2OS. The van der Waals surface area contributed by atoms with Gasteiger partial charge in [-0.15, -0.1) is 11.3 Å². The maximum Gasteiger partial charge on any atom is 0.119 e. The number of thiazole rings is 1. The van der Waals surface area contributed by atoms with Crippen molar-refractivity contribution in [3.63, 3.8) is 0 Å². The van der Waals surface area contributed by atoms with Crippen molar-refractivity contribution in [2.45, 2.75) is 40.0 Å². The molecule has 0 aliphatic carbocycles. The smallest absolute Gasteiger partial charge is 0.119 e. The Balaban J connectivity index is 2.24. The van der Waals surface area contributed by atoms with Crippen LogP contribution in [0.4, 0.5) is 0 Å². The third-order valence-corrected chi connectivity index (χ3v) is 4.01. The summed E-state index contributed by atoms with van der Waals surface area (Å²) in [4.78, 5) is 5.97. The van der Waals surface area contributed by atoms with Crippen molar-refractivity contribution < 1.29 is 4.74 Å². The van der Waals surface area contributed by atoms with Gasteiger partial charge in [0.05, 0.1) is 17.2 Å². The topological polar surface area (TPSA) is 34.1 Å². The third kappa shape index (κ3) is 4.13. The minimum Gasteiger partial charge on any atom is -0.375 e. The van der Waals surface area contributed by atoms with Crippen LogP contribution in [0.15, 0.2) is 30.3 Å². The average Bonchev–Trinajstić information content (AvgIpc) is 2.87. The highest BCUT2D eigenvalue weighted by Gasteiger charge is 2.13. The van der Waals surface area contributed by atoms with Gasteiger partial charge in [0.15, 0.2) is 0 Å². The normalized spacial score (nSPS) is 11.2. The number of ether oxygens (including phenoxy) is 1. The van der Waals surface area contributed by atoms with Crippen molar-refractivity contribution in [2.75, 3.05) is 6.61 Å². The second-order valence-electron chi connectivity index (χ2n) is 4.92. The van der Waals surface area contributed by atoms with E-state index in [2.05, 4.69) is 43.4 Å². The lowest BCUT2D eigenvalue weighted by molar-refractivity contribution is 0.133. The lowest BCUT2D eigenvalue weighted by atomic mass is 10.1. The SMILES string of the molecule is CCOCc1nc(CNC(C)C)c(-c2ccccc2)s1. The van der Waals surface area contributed by atoms with E-state index in [1.165, 1.54) is 10.4 Å². The zero-order valence-corrected chi connectivity index (χ0v) is 13.2. The van der Waals surface area contributed by atoms with Crippen LogP contribution < -0.4 is 5.32 Å². The number of nitrogens with one attached hydrogen (secondary N) is 1. The number of aromatic nitrogens is 1. The number of hydrogen-bond acceptors (Lipinski definition) is 4. The molecule has 20 heavy (non-hydrogen) atoms. The van der Waals surface area contributed by atoms with Crippen LogP contribution in [0, 0.1) is 0 Å². The summed E-state index contributed by atoms with van der Waals surface area (Å²) >= 11 is 1.73. The fraction of sp³-hybridized carbons (Fsp3) is 0.438. The Labute approximate surface area is 125 Å². The highest BCUT2D eigenvalue weighted by Crippen LogP contribution is 2.30. The van der Waals surface area contributed by atoms with E-state index < -0.39 is 0 Å². The van der Waals surface area contributed by atoms with Crippen LogP contribution in [0.2, 0.25) is 0 Å². The molecule has 0 spiro atoms. The van der Waals surface area contributed by atoms with E-state index in [1.807, 2.05) is 13.0 Å². The van der Waals surface area contributed by atoms with Crippen LogP contribution in [0.3, 0.4) is 0 Å². The van der Waals surface area contributed by atoms with Gasteiger partial charge in [-0.25, -0.2) is 4.98 Å². The fourth-order valence-electron chi connectivity index (χ4n) is 1.89. The molecule has 2 rings (SSSR count). The molecule has 0 bridgehead atoms. The minimum absolute atomic E-state index is 0.454. The van der Waals surface area contributed by atoms with Gasteiger partial charge < -0.3 is 10.1 Å². The van der Waals surface area contributed by atoms with Gasteiger partial charge in [0.2, 0.25) is 0 Å². The predicted molar refractivity (Wildman–Crippen MR) is 84.9 cm³/mol. The van der Waals surface area contributed by atoms with Crippen LogP contribution in [0.1, 0.15) is 31.5 Å².